The van der Waals surface area contributed by atoms with E-state index < -0.39 is 15.8 Å². The van der Waals surface area contributed by atoms with Crippen LogP contribution in [0.4, 0.5) is 10.2 Å². The zero-order valence-corrected chi connectivity index (χ0v) is 20.4. The molecule has 1 aromatic carbocycles. The van der Waals surface area contributed by atoms with Gasteiger partial charge in [0.05, 0.1) is 12.5 Å². The summed E-state index contributed by atoms with van der Waals surface area (Å²) in [6.07, 6.45) is 4.50. The molecule has 4 rings (SSSR count). The number of sulfonamides is 1. The highest BCUT2D eigenvalue weighted by molar-refractivity contribution is 7.88. The van der Waals surface area contributed by atoms with Gasteiger partial charge in [0.25, 0.3) is 0 Å². The normalized spacial score (nSPS) is 15.7. The Labute approximate surface area is 202 Å². The first kappa shape index (κ1) is 24.8. The van der Waals surface area contributed by atoms with Crippen molar-refractivity contribution in [2.45, 2.75) is 13.3 Å². The number of aromatic amines is 1. The van der Waals surface area contributed by atoms with E-state index in [1.54, 1.807) is 12.1 Å². The zero-order valence-electron chi connectivity index (χ0n) is 19.6. The number of halogens is 1. The summed E-state index contributed by atoms with van der Waals surface area (Å²) >= 11 is 0. The number of aromatic nitrogens is 3. The number of nitrogen functional groups attached to an aromatic ring is 1. The van der Waals surface area contributed by atoms with Crippen molar-refractivity contribution in [2.24, 2.45) is 5.16 Å². The molecule has 1 fully saturated rings. The van der Waals surface area contributed by atoms with Crippen LogP contribution in [0.15, 0.2) is 29.7 Å². The number of hydrogen-bond donors (Lipinski definition) is 2. The lowest BCUT2D eigenvalue weighted by Gasteiger charge is -2.33. The van der Waals surface area contributed by atoms with Gasteiger partial charge in [-0.2, -0.15) is 4.31 Å². The maximum absolute atomic E-state index is 14.9. The highest BCUT2D eigenvalue weighted by atomic mass is 32.2. The molecule has 3 N–H and O–H groups in total. The zero-order chi connectivity index (χ0) is 25.0. The summed E-state index contributed by atoms with van der Waals surface area (Å²) in [5.74, 6) is -0.342. The Bertz CT molecular complexity index is 1320. The number of rotatable bonds is 9. The number of nitrogens with two attached hydrogens (primary N) is 1. The predicted octanol–water partition coefficient (Wildman–Crippen LogP) is 2.10. The quantitative estimate of drug-likeness (QED) is 0.256. The molecule has 11 nitrogen and oxygen atoms in total. The number of anilines is 1. The van der Waals surface area contributed by atoms with Crippen LogP contribution in [-0.4, -0.2) is 84.4 Å². The molecule has 188 valence electrons. The van der Waals surface area contributed by atoms with E-state index in [1.807, 2.05) is 6.92 Å². The van der Waals surface area contributed by atoms with E-state index >= 15 is 0 Å². The molecular formula is C22H28FN7O4S. The minimum Gasteiger partial charge on any atom is -0.435 e. The number of benzene rings is 1. The van der Waals surface area contributed by atoms with Crippen LogP contribution in [0.3, 0.4) is 0 Å². The Balaban J connectivity index is 1.32. The summed E-state index contributed by atoms with van der Waals surface area (Å²) in [6.45, 7) is 5.30. The number of fused-ring (bicyclic) bond motifs is 1. The lowest BCUT2D eigenvalue weighted by Crippen LogP contribution is -2.48. The van der Waals surface area contributed by atoms with Gasteiger partial charge >= 0.3 is 0 Å². The monoisotopic (exact) mass is 505 g/mol. The van der Waals surface area contributed by atoms with Crippen molar-refractivity contribution in [3.8, 4) is 11.6 Å². The second kappa shape index (κ2) is 10.5. The summed E-state index contributed by atoms with van der Waals surface area (Å²) in [4.78, 5) is 18.6. The SMILES string of the molecule is Cc1cc2c(F)c(Oc3ncnc(N)c3/C=N/OCCCN3CCN(S(C)(=O)=O)CC3)ccc2[nH]1. The Morgan fingerprint density at radius 1 is 1.26 bits per heavy atom. The molecule has 0 saturated carbocycles. The number of aryl methyl sites for hydroxylation is 1. The van der Waals surface area contributed by atoms with Crippen LogP contribution in [0.1, 0.15) is 17.7 Å². The van der Waals surface area contributed by atoms with E-state index in [1.165, 1.54) is 29.2 Å². The fourth-order valence-electron chi connectivity index (χ4n) is 3.85. The Morgan fingerprint density at radius 3 is 2.77 bits per heavy atom. The molecule has 2 aromatic heterocycles. The standard InChI is InChI=1S/C22H28FN7O4S/c1-15-12-16-18(28-15)4-5-19(20(16)23)34-22-17(21(24)25-14-26-22)13-27-33-11-3-6-29-7-9-30(10-8-29)35(2,31)32/h4-5,12-14,28H,3,6-11H2,1-2H3,(H2,24,25,26)/b27-13+. The minimum absolute atomic E-state index is 0.00105. The number of nitrogens with one attached hydrogen (secondary N) is 1. The largest absolute Gasteiger partial charge is 0.435 e. The lowest BCUT2D eigenvalue weighted by molar-refractivity contribution is 0.120. The molecular weight excluding hydrogens is 477 g/mol. The maximum atomic E-state index is 14.9. The van der Waals surface area contributed by atoms with Gasteiger partial charge in [-0.25, -0.2) is 22.8 Å². The molecule has 1 aliphatic heterocycles. The van der Waals surface area contributed by atoms with Crippen LogP contribution >= 0.6 is 0 Å². The summed E-state index contributed by atoms with van der Waals surface area (Å²) in [6, 6.07) is 4.94. The summed E-state index contributed by atoms with van der Waals surface area (Å²) in [7, 11) is -3.14. The molecule has 3 aromatic rings. The van der Waals surface area contributed by atoms with Gasteiger partial charge in [-0.3, -0.25) is 0 Å². The van der Waals surface area contributed by atoms with E-state index in [0.29, 0.717) is 50.1 Å². The summed E-state index contributed by atoms with van der Waals surface area (Å²) in [5, 5.41) is 4.35. The molecule has 3 heterocycles. The van der Waals surface area contributed by atoms with Gasteiger partial charge in [-0.15, -0.1) is 0 Å². The van der Waals surface area contributed by atoms with E-state index in [-0.39, 0.29) is 23.0 Å². The van der Waals surface area contributed by atoms with Gasteiger partial charge in [0.15, 0.2) is 11.6 Å². The molecule has 35 heavy (non-hydrogen) atoms. The second-order valence-corrected chi connectivity index (χ2v) is 10.3. The summed E-state index contributed by atoms with van der Waals surface area (Å²) in [5.41, 5.74) is 7.73. The first-order valence-corrected chi connectivity index (χ1v) is 13.0. The maximum Gasteiger partial charge on any atom is 0.233 e. The molecule has 1 aliphatic rings. The van der Waals surface area contributed by atoms with E-state index in [4.69, 9.17) is 15.3 Å². The van der Waals surface area contributed by atoms with Crippen LogP contribution in [0.5, 0.6) is 11.6 Å². The Kier molecular flexibility index (Phi) is 7.48. The first-order valence-electron chi connectivity index (χ1n) is 11.1. The Hall–Kier alpha value is -3.29. The van der Waals surface area contributed by atoms with Crippen LogP contribution in [-0.2, 0) is 14.9 Å². The molecule has 0 amide bonds. The molecule has 0 atom stereocenters. The third-order valence-electron chi connectivity index (χ3n) is 5.69. The number of nitrogens with zero attached hydrogens (tertiary/aromatic N) is 5. The van der Waals surface area contributed by atoms with Crippen LogP contribution < -0.4 is 10.5 Å². The fourth-order valence-corrected chi connectivity index (χ4v) is 4.67. The Morgan fingerprint density at radius 2 is 2.03 bits per heavy atom. The van der Waals surface area contributed by atoms with Crippen LogP contribution in [0.25, 0.3) is 10.9 Å². The predicted molar refractivity (Wildman–Crippen MR) is 131 cm³/mol. The second-order valence-electron chi connectivity index (χ2n) is 8.30. The van der Waals surface area contributed by atoms with Gasteiger partial charge in [0.1, 0.15) is 24.3 Å². The van der Waals surface area contributed by atoms with Gasteiger partial charge in [0.2, 0.25) is 15.9 Å². The van der Waals surface area contributed by atoms with Gasteiger partial charge in [-0.1, -0.05) is 5.16 Å². The third kappa shape index (κ3) is 6.05. The number of H-pyrrole nitrogens is 1. The van der Waals surface area contributed by atoms with Crippen molar-refractivity contribution in [3.05, 3.63) is 41.6 Å². The van der Waals surface area contributed by atoms with Crippen molar-refractivity contribution in [3.63, 3.8) is 0 Å². The highest BCUT2D eigenvalue weighted by Crippen LogP contribution is 2.31. The molecule has 0 spiro atoms. The van der Waals surface area contributed by atoms with E-state index in [0.717, 1.165) is 12.2 Å². The van der Waals surface area contributed by atoms with Crippen molar-refractivity contribution in [1.29, 1.82) is 0 Å². The van der Waals surface area contributed by atoms with Gasteiger partial charge in [0, 0.05) is 49.3 Å². The lowest BCUT2D eigenvalue weighted by atomic mass is 10.2. The van der Waals surface area contributed by atoms with Crippen molar-refractivity contribution in [1.82, 2.24) is 24.2 Å². The van der Waals surface area contributed by atoms with Gasteiger partial charge in [-0.05, 0) is 31.5 Å². The molecule has 0 radical (unpaired) electrons. The number of hydrogen-bond acceptors (Lipinski definition) is 9. The molecule has 0 unspecified atom stereocenters. The molecule has 0 aliphatic carbocycles. The molecule has 1 saturated heterocycles. The number of ether oxygens (including phenoxy) is 1. The van der Waals surface area contributed by atoms with Crippen LogP contribution in [0.2, 0.25) is 0 Å². The highest BCUT2D eigenvalue weighted by Gasteiger charge is 2.22. The van der Waals surface area contributed by atoms with Crippen molar-refractivity contribution >= 4 is 33.0 Å². The molecule has 13 heteroatoms. The van der Waals surface area contributed by atoms with E-state index in [2.05, 4.69) is 25.0 Å². The third-order valence-corrected chi connectivity index (χ3v) is 6.99. The average molecular weight is 506 g/mol. The first-order chi connectivity index (χ1) is 16.7. The van der Waals surface area contributed by atoms with Crippen LogP contribution in [0, 0.1) is 12.7 Å². The number of oxime groups is 1. The minimum atomic E-state index is -3.14. The van der Waals surface area contributed by atoms with E-state index in [9.17, 15) is 12.8 Å². The molecule has 0 bridgehead atoms. The average Bonchev–Trinajstić information content (AvgIpc) is 3.20. The van der Waals surface area contributed by atoms with Gasteiger partial charge < -0.3 is 25.2 Å². The topological polar surface area (TPSA) is 139 Å². The fraction of sp³-hybridized carbons (Fsp3) is 0.409. The number of piperazine rings is 1. The smallest absolute Gasteiger partial charge is 0.233 e. The van der Waals surface area contributed by atoms with Crippen molar-refractivity contribution in [2.75, 3.05) is 51.3 Å². The summed E-state index contributed by atoms with van der Waals surface area (Å²) < 4.78 is 45.3. The van der Waals surface area contributed by atoms with Crippen molar-refractivity contribution < 1.29 is 22.4 Å².